The molecule has 0 aromatic heterocycles. The van der Waals surface area contributed by atoms with Gasteiger partial charge in [0.25, 0.3) is 0 Å². The molecule has 0 heterocycles. The van der Waals surface area contributed by atoms with Crippen LogP contribution in [0.3, 0.4) is 0 Å². The summed E-state index contributed by atoms with van der Waals surface area (Å²) < 4.78 is 0. The standard InChI is InChI=1S/C17H26N2O.ClH/c1-3-17(4-2,12-18)16(20)19-15-10-14(11-15)13-8-6-5-7-9-13;/h5-9,14-15H,3-4,10-12,18H2,1-2H3,(H,19,20);1H. The van der Waals surface area contributed by atoms with Crippen LogP contribution in [-0.2, 0) is 4.79 Å². The van der Waals surface area contributed by atoms with E-state index >= 15 is 0 Å². The molecular weight excluding hydrogens is 284 g/mol. The second kappa shape index (κ2) is 7.81. The monoisotopic (exact) mass is 310 g/mol. The smallest absolute Gasteiger partial charge is 0.227 e. The Hall–Kier alpha value is -1.06. The van der Waals surface area contributed by atoms with Crippen LogP contribution in [0.2, 0.25) is 0 Å². The highest BCUT2D eigenvalue weighted by Crippen LogP contribution is 2.37. The molecule has 0 atom stereocenters. The minimum absolute atomic E-state index is 0. The zero-order valence-electron chi connectivity index (χ0n) is 13.0. The highest BCUT2D eigenvalue weighted by Gasteiger charge is 2.38. The first kappa shape index (κ1) is 18.0. The van der Waals surface area contributed by atoms with E-state index in [0.29, 0.717) is 18.5 Å². The molecule has 0 unspecified atom stereocenters. The third kappa shape index (κ3) is 3.78. The minimum atomic E-state index is -0.377. The molecule has 0 radical (unpaired) electrons. The number of amides is 1. The Balaban J connectivity index is 0.00000220. The molecule has 2 rings (SSSR count). The van der Waals surface area contributed by atoms with Gasteiger partial charge in [-0.25, -0.2) is 0 Å². The van der Waals surface area contributed by atoms with E-state index in [2.05, 4.69) is 29.6 Å². The van der Waals surface area contributed by atoms with E-state index in [1.54, 1.807) is 0 Å². The molecule has 1 saturated carbocycles. The van der Waals surface area contributed by atoms with Crippen LogP contribution in [0.4, 0.5) is 0 Å². The number of hydrogen-bond acceptors (Lipinski definition) is 2. The molecule has 1 aromatic rings. The molecule has 0 bridgehead atoms. The van der Waals surface area contributed by atoms with Gasteiger partial charge in [-0.05, 0) is 37.2 Å². The minimum Gasteiger partial charge on any atom is -0.353 e. The molecule has 0 saturated heterocycles. The van der Waals surface area contributed by atoms with Gasteiger partial charge < -0.3 is 11.1 Å². The van der Waals surface area contributed by atoms with Gasteiger partial charge in [-0.2, -0.15) is 0 Å². The topological polar surface area (TPSA) is 55.1 Å². The number of rotatable bonds is 6. The number of nitrogens with one attached hydrogen (secondary N) is 1. The lowest BCUT2D eigenvalue weighted by molar-refractivity contribution is -0.132. The van der Waals surface area contributed by atoms with Crippen LogP contribution in [0.25, 0.3) is 0 Å². The van der Waals surface area contributed by atoms with Gasteiger partial charge in [0.05, 0.1) is 5.41 Å². The first-order chi connectivity index (χ1) is 9.65. The van der Waals surface area contributed by atoms with Crippen molar-refractivity contribution in [2.75, 3.05) is 6.54 Å². The van der Waals surface area contributed by atoms with E-state index < -0.39 is 0 Å². The first-order valence-corrected chi connectivity index (χ1v) is 7.71. The number of halogens is 1. The van der Waals surface area contributed by atoms with Gasteiger partial charge in [0.1, 0.15) is 0 Å². The van der Waals surface area contributed by atoms with Crippen molar-refractivity contribution in [1.29, 1.82) is 0 Å². The van der Waals surface area contributed by atoms with Crippen molar-refractivity contribution in [3.8, 4) is 0 Å². The zero-order valence-corrected chi connectivity index (χ0v) is 13.8. The average Bonchev–Trinajstić information content (AvgIpc) is 2.46. The van der Waals surface area contributed by atoms with Crippen molar-refractivity contribution in [2.45, 2.75) is 51.5 Å². The van der Waals surface area contributed by atoms with Crippen LogP contribution in [0, 0.1) is 5.41 Å². The van der Waals surface area contributed by atoms with Gasteiger partial charge in [0.15, 0.2) is 0 Å². The van der Waals surface area contributed by atoms with E-state index in [0.717, 1.165) is 25.7 Å². The summed E-state index contributed by atoms with van der Waals surface area (Å²) in [6.07, 6.45) is 3.70. The summed E-state index contributed by atoms with van der Waals surface area (Å²) in [5.41, 5.74) is 6.83. The quantitative estimate of drug-likeness (QED) is 0.847. The van der Waals surface area contributed by atoms with Crippen LogP contribution in [0.15, 0.2) is 30.3 Å². The van der Waals surface area contributed by atoms with Crippen molar-refractivity contribution in [3.63, 3.8) is 0 Å². The van der Waals surface area contributed by atoms with Crippen LogP contribution in [0.5, 0.6) is 0 Å². The number of benzene rings is 1. The number of hydrogen-bond donors (Lipinski definition) is 2. The predicted octanol–water partition coefficient (Wildman–Crippen LogP) is 3.24. The molecule has 1 aromatic carbocycles. The maximum absolute atomic E-state index is 12.4. The Labute approximate surface area is 134 Å². The molecule has 1 aliphatic rings. The number of nitrogens with two attached hydrogens (primary N) is 1. The first-order valence-electron chi connectivity index (χ1n) is 7.71. The third-order valence-electron chi connectivity index (χ3n) is 4.97. The Morgan fingerprint density at radius 3 is 2.29 bits per heavy atom. The lowest BCUT2D eigenvalue weighted by Crippen LogP contribution is -2.52. The van der Waals surface area contributed by atoms with Gasteiger partial charge in [-0.3, -0.25) is 4.79 Å². The fourth-order valence-electron chi connectivity index (χ4n) is 3.02. The van der Waals surface area contributed by atoms with E-state index in [1.807, 2.05) is 19.9 Å². The maximum atomic E-state index is 12.4. The molecule has 3 N–H and O–H groups in total. The fourth-order valence-corrected chi connectivity index (χ4v) is 3.02. The normalized spacial score (nSPS) is 21.1. The van der Waals surface area contributed by atoms with Crippen molar-refractivity contribution >= 4 is 18.3 Å². The fraction of sp³-hybridized carbons (Fsp3) is 0.588. The Morgan fingerprint density at radius 2 is 1.81 bits per heavy atom. The average molecular weight is 311 g/mol. The zero-order chi connectivity index (χ0) is 14.6. The summed E-state index contributed by atoms with van der Waals surface area (Å²) in [5, 5.41) is 3.19. The molecule has 1 fully saturated rings. The molecular formula is C17H27ClN2O. The maximum Gasteiger partial charge on any atom is 0.227 e. The Morgan fingerprint density at radius 1 is 1.24 bits per heavy atom. The molecule has 0 spiro atoms. The van der Waals surface area contributed by atoms with Crippen LogP contribution in [-0.4, -0.2) is 18.5 Å². The molecule has 3 nitrogen and oxygen atoms in total. The SMILES string of the molecule is CCC(CC)(CN)C(=O)NC1CC(c2ccccc2)C1.Cl. The predicted molar refractivity (Wildman–Crippen MR) is 89.7 cm³/mol. The van der Waals surface area contributed by atoms with E-state index in [-0.39, 0.29) is 23.7 Å². The van der Waals surface area contributed by atoms with Crippen molar-refractivity contribution < 1.29 is 4.79 Å². The summed E-state index contributed by atoms with van der Waals surface area (Å²) >= 11 is 0. The van der Waals surface area contributed by atoms with Crippen molar-refractivity contribution in [3.05, 3.63) is 35.9 Å². The van der Waals surface area contributed by atoms with Gasteiger partial charge in [-0.15, -0.1) is 12.4 Å². The van der Waals surface area contributed by atoms with Gasteiger partial charge >= 0.3 is 0 Å². The second-order valence-electron chi connectivity index (χ2n) is 5.94. The number of carbonyl (C=O) groups is 1. The molecule has 4 heteroatoms. The highest BCUT2D eigenvalue weighted by atomic mass is 35.5. The van der Waals surface area contributed by atoms with Crippen LogP contribution >= 0.6 is 12.4 Å². The van der Waals surface area contributed by atoms with E-state index in [9.17, 15) is 4.79 Å². The lowest BCUT2D eigenvalue weighted by Gasteiger charge is -2.39. The van der Waals surface area contributed by atoms with Crippen LogP contribution in [0.1, 0.15) is 51.0 Å². The van der Waals surface area contributed by atoms with E-state index in [1.165, 1.54) is 5.56 Å². The van der Waals surface area contributed by atoms with Gasteiger partial charge in [-0.1, -0.05) is 44.2 Å². The molecule has 1 aliphatic carbocycles. The summed E-state index contributed by atoms with van der Waals surface area (Å²) in [4.78, 5) is 12.4. The summed E-state index contributed by atoms with van der Waals surface area (Å²) in [5.74, 6) is 0.735. The molecule has 0 aliphatic heterocycles. The molecule has 21 heavy (non-hydrogen) atoms. The van der Waals surface area contributed by atoms with Gasteiger partial charge in [0.2, 0.25) is 5.91 Å². The summed E-state index contributed by atoms with van der Waals surface area (Å²) in [6, 6.07) is 10.9. The van der Waals surface area contributed by atoms with Crippen molar-refractivity contribution in [1.82, 2.24) is 5.32 Å². The molecule has 118 valence electrons. The van der Waals surface area contributed by atoms with Crippen molar-refractivity contribution in [2.24, 2.45) is 11.1 Å². The van der Waals surface area contributed by atoms with Crippen LogP contribution < -0.4 is 11.1 Å². The highest BCUT2D eigenvalue weighted by molar-refractivity contribution is 5.85. The molecule has 1 amide bonds. The van der Waals surface area contributed by atoms with E-state index in [4.69, 9.17) is 5.73 Å². The number of carbonyl (C=O) groups excluding carboxylic acids is 1. The summed E-state index contributed by atoms with van der Waals surface area (Å²) in [6.45, 7) is 4.52. The lowest BCUT2D eigenvalue weighted by atomic mass is 9.74. The Bertz CT molecular complexity index is 431. The summed E-state index contributed by atoms with van der Waals surface area (Å²) in [7, 11) is 0. The Kier molecular flexibility index (Phi) is 6.69. The second-order valence-corrected chi connectivity index (χ2v) is 5.94. The largest absolute Gasteiger partial charge is 0.353 e. The van der Waals surface area contributed by atoms with Gasteiger partial charge in [0, 0.05) is 12.6 Å². The third-order valence-corrected chi connectivity index (χ3v) is 4.97.